The van der Waals surface area contributed by atoms with E-state index in [1.54, 1.807) is 16.7 Å². The molecule has 0 aliphatic carbocycles. The van der Waals surface area contributed by atoms with Crippen LogP contribution in [0.25, 0.3) is 16.6 Å². The molecular weight excluding hydrogens is 290 g/mol. The van der Waals surface area contributed by atoms with Gasteiger partial charge >= 0.3 is 0 Å². The van der Waals surface area contributed by atoms with E-state index in [1.165, 1.54) is 0 Å². The molecule has 6 nitrogen and oxygen atoms in total. The number of aromatic nitrogens is 4. The SMILES string of the molecule is Cc1cc2c(N)cccc2n1C(=O)c1ccn2c(C)nnc2c1. The number of anilines is 1. The Labute approximate surface area is 132 Å². The molecule has 23 heavy (non-hydrogen) atoms. The minimum absolute atomic E-state index is 0.105. The lowest BCUT2D eigenvalue weighted by Crippen LogP contribution is -2.13. The van der Waals surface area contributed by atoms with Crippen LogP contribution in [0.4, 0.5) is 5.69 Å². The third kappa shape index (κ3) is 1.92. The fourth-order valence-electron chi connectivity index (χ4n) is 2.93. The molecule has 0 saturated heterocycles. The number of carbonyl (C=O) groups is 1. The second kappa shape index (κ2) is 4.67. The van der Waals surface area contributed by atoms with E-state index in [4.69, 9.17) is 5.73 Å². The van der Waals surface area contributed by atoms with Gasteiger partial charge in [-0.3, -0.25) is 13.8 Å². The second-order valence-corrected chi connectivity index (χ2v) is 5.60. The molecule has 114 valence electrons. The Balaban J connectivity index is 1.91. The molecule has 6 heteroatoms. The quantitative estimate of drug-likeness (QED) is 0.548. The van der Waals surface area contributed by atoms with Crippen LogP contribution in [0.3, 0.4) is 0 Å². The van der Waals surface area contributed by atoms with Gasteiger partial charge in [-0.15, -0.1) is 10.2 Å². The lowest BCUT2D eigenvalue weighted by atomic mass is 10.2. The molecule has 0 unspecified atom stereocenters. The summed E-state index contributed by atoms with van der Waals surface area (Å²) >= 11 is 0. The van der Waals surface area contributed by atoms with E-state index in [2.05, 4.69) is 10.2 Å². The Hall–Kier alpha value is -3.15. The minimum atomic E-state index is -0.105. The first-order valence-corrected chi connectivity index (χ1v) is 7.29. The number of nitrogens with two attached hydrogens (primary N) is 1. The summed E-state index contributed by atoms with van der Waals surface area (Å²) in [6, 6.07) is 11.1. The van der Waals surface area contributed by atoms with Crippen molar-refractivity contribution in [2.75, 3.05) is 5.73 Å². The normalized spacial score (nSPS) is 11.4. The maximum absolute atomic E-state index is 13.0. The molecule has 0 aliphatic heterocycles. The van der Waals surface area contributed by atoms with Gasteiger partial charge in [0.15, 0.2) is 5.65 Å². The number of carbonyl (C=O) groups excluding carboxylic acids is 1. The van der Waals surface area contributed by atoms with Crippen molar-refractivity contribution in [3.05, 3.63) is 59.7 Å². The molecule has 0 bridgehead atoms. The Bertz CT molecular complexity index is 1070. The van der Waals surface area contributed by atoms with E-state index in [-0.39, 0.29) is 5.91 Å². The first-order chi connectivity index (χ1) is 11.1. The average Bonchev–Trinajstić information content (AvgIpc) is 3.07. The van der Waals surface area contributed by atoms with E-state index in [1.807, 2.05) is 48.7 Å². The van der Waals surface area contributed by atoms with Crippen molar-refractivity contribution in [2.45, 2.75) is 13.8 Å². The van der Waals surface area contributed by atoms with Crippen molar-refractivity contribution in [3.63, 3.8) is 0 Å². The molecular formula is C17H15N5O. The number of benzene rings is 1. The van der Waals surface area contributed by atoms with E-state index < -0.39 is 0 Å². The number of aryl methyl sites for hydroxylation is 2. The van der Waals surface area contributed by atoms with Crippen LogP contribution < -0.4 is 5.73 Å². The monoisotopic (exact) mass is 305 g/mol. The highest BCUT2D eigenvalue weighted by molar-refractivity contribution is 6.05. The third-order valence-electron chi connectivity index (χ3n) is 4.09. The molecule has 3 aromatic heterocycles. The summed E-state index contributed by atoms with van der Waals surface area (Å²) < 4.78 is 3.52. The minimum Gasteiger partial charge on any atom is -0.398 e. The van der Waals surface area contributed by atoms with Gasteiger partial charge in [-0.25, -0.2) is 0 Å². The molecule has 1 aromatic carbocycles. The van der Waals surface area contributed by atoms with E-state index in [9.17, 15) is 4.79 Å². The Morgan fingerprint density at radius 2 is 1.96 bits per heavy atom. The number of hydrogen-bond acceptors (Lipinski definition) is 4. The van der Waals surface area contributed by atoms with Gasteiger partial charge in [0.2, 0.25) is 0 Å². The zero-order chi connectivity index (χ0) is 16.1. The number of nitrogens with zero attached hydrogens (tertiary/aromatic N) is 4. The summed E-state index contributed by atoms with van der Waals surface area (Å²) in [4.78, 5) is 13.0. The number of rotatable bonds is 1. The van der Waals surface area contributed by atoms with Gasteiger partial charge < -0.3 is 5.73 Å². The zero-order valence-electron chi connectivity index (χ0n) is 12.8. The van der Waals surface area contributed by atoms with Crippen molar-refractivity contribution >= 4 is 28.1 Å². The summed E-state index contributed by atoms with van der Waals surface area (Å²) in [6.45, 7) is 3.77. The van der Waals surface area contributed by atoms with Crippen LogP contribution in [-0.4, -0.2) is 25.1 Å². The molecule has 0 fully saturated rings. The van der Waals surface area contributed by atoms with Gasteiger partial charge in [0, 0.05) is 28.5 Å². The first-order valence-electron chi connectivity index (χ1n) is 7.29. The van der Waals surface area contributed by atoms with Crippen LogP contribution in [0.2, 0.25) is 0 Å². The molecule has 0 amide bonds. The molecule has 0 saturated carbocycles. The smallest absolute Gasteiger partial charge is 0.262 e. The lowest BCUT2D eigenvalue weighted by Gasteiger charge is -2.07. The van der Waals surface area contributed by atoms with E-state index in [0.717, 1.165) is 22.4 Å². The predicted octanol–water partition coefficient (Wildman–Crippen LogP) is 2.57. The molecule has 4 rings (SSSR count). The van der Waals surface area contributed by atoms with Crippen LogP contribution in [0.5, 0.6) is 0 Å². The van der Waals surface area contributed by atoms with Crippen LogP contribution in [0.1, 0.15) is 21.9 Å². The fraction of sp³-hybridized carbons (Fsp3) is 0.118. The van der Waals surface area contributed by atoms with Crippen molar-refractivity contribution < 1.29 is 4.79 Å². The van der Waals surface area contributed by atoms with Crippen LogP contribution in [0.15, 0.2) is 42.6 Å². The maximum atomic E-state index is 13.0. The summed E-state index contributed by atoms with van der Waals surface area (Å²) in [5, 5.41) is 8.98. The Kier molecular flexibility index (Phi) is 2.74. The van der Waals surface area contributed by atoms with Crippen molar-refractivity contribution in [3.8, 4) is 0 Å². The molecule has 3 heterocycles. The average molecular weight is 305 g/mol. The number of fused-ring (bicyclic) bond motifs is 2. The van der Waals surface area contributed by atoms with Gasteiger partial charge in [0.05, 0.1) is 5.52 Å². The Morgan fingerprint density at radius 3 is 2.78 bits per heavy atom. The summed E-state index contributed by atoms with van der Waals surface area (Å²) in [7, 11) is 0. The van der Waals surface area contributed by atoms with E-state index in [0.29, 0.717) is 16.9 Å². The molecule has 4 aromatic rings. The first kappa shape index (κ1) is 13.5. The highest BCUT2D eigenvalue weighted by Gasteiger charge is 2.16. The molecule has 0 radical (unpaired) electrons. The van der Waals surface area contributed by atoms with Gasteiger partial charge in [0.25, 0.3) is 5.91 Å². The van der Waals surface area contributed by atoms with Crippen molar-refractivity contribution in [1.82, 2.24) is 19.2 Å². The van der Waals surface area contributed by atoms with Gasteiger partial charge in [-0.2, -0.15) is 0 Å². The number of hydrogen-bond donors (Lipinski definition) is 1. The predicted molar refractivity (Wildman–Crippen MR) is 88.5 cm³/mol. The second-order valence-electron chi connectivity index (χ2n) is 5.60. The van der Waals surface area contributed by atoms with Crippen molar-refractivity contribution in [2.24, 2.45) is 0 Å². The third-order valence-corrected chi connectivity index (χ3v) is 4.09. The standard InChI is InChI=1S/C17H15N5O/c1-10-8-13-14(18)4-3-5-15(13)22(10)17(23)12-6-7-21-11(2)19-20-16(21)9-12/h3-9H,18H2,1-2H3. The van der Waals surface area contributed by atoms with Crippen LogP contribution in [-0.2, 0) is 0 Å². The number of nitrogen functional groups attached to an aromatic ring is 1. The fourth-order valence-corrected chi connectivity index (χ4v) is 2.93. The molecule has 0 atom stereocenters. The summed E-state index contributed by atoms with van der Waals surface area (Å²) in [6.07, 6.45) is 1.81. The van der Waals surface area contributed by atoms with E-state index >= 15 is 0 Å². The largest absolute Gasteiger partial charge is 0.398 e. The van der Waals surface area contributed by atoms with Gasteiger partial charge in [0.1, 0.15) is 5.82 Å². The Morgan fingerprint density at radius 1 is 1.13 bits per heavy atom. The topological polar surface area (TPSA) is 78.2 Å². The molecule has 2 N–H and O–H groups in total. The number of pyridine rings is 1. The highest BCUT2D eigenvalue weighted by Crippen LogP contribution is 2.25. The van der Waals surface area contributed by atoms with Gasteiger partial charge in [-0.1, -0.05) is 6.07 Å². The molecule has 0 spiro atoms. The highest BCUT2D eigenvalue weighted by atomic mass is 16.2. The zero-order valence-corrected chi connectivity index (χ0v) is 12.8. The summed E-state index contributed by atoms with van der Waals surface area (Å²) in [5.41, 5.74) is 9.55. The van der Waals surface area contributed by atoms with Gasteiger partial charge in [-0.05, 0) is 44.2 Å². The maximum Gasteiger partial charge on any atom is 0.262 e. The lowest BCUT2D eigenvalue weighted by molar-refractivity contribution is 0.0963. The van der Waals surface area contributed by atoms with Crippen molar-refractivity contribution in [1.29, 1.82) is 0 Å². The summed E-state index contributed by atoms with van der Waals surface area (Å²) in [5.74, 6) is 0.681. The molecule has 0 aliphatic rings. The van der Waals surface area contributed by atoms with Crippen LogP contribution >= 0.6 is 0 Å². The van der Waals surface area contributed by atoms with Crippen LogP contribution in [0, 0.1) is 13.8 Å².